The molecular formula is C9H14N5O3P. The highest BCUT2D eigenvalue weighted by Crippen LogP contribution is 2.35. The van der Waals surface area contributed by atoms with Gasteiger partial charge in [0, 0.05) is 12.7 Å². The van der Waals surface area contributed by atoms with Crippen LogP contribution < -0.4 is 5.73 Å². The fourth-order valence-corrected chi connectivity index (χ4v) is 2.30. The molecule has 8 nitrogen and oxygen atoms in total. The molecule has 0 saturated heterocycles. The zero-order chi connectivity index (χ0) is 13.2. The predicted molar refractivity (Wildman–Crippen MR) is 65.9 cm³/mol. The number of nitrogens with zero attached hydrogens (tertiary/aromatic N) is 4. The van der Waals surface area contributed by atoms with Crippen molar-refractivity contribution in [2.75, 3.05) is 11.9 Å². The van der Waals surface area contributed by atoms with E-state index < -0.39 is 7.60 Å². The predicted octanol–water partition coefficient (Wildman–Crippen LogP) is 0.366. The zero-order valence-corrected chi connectivity index (χ0v) is 10.5. The third kappa shape index (κ3) is 3.04. The van der Waals surface area contributed by atoms with Crippen LogP contribution in [-0.2, 0) is 11.1 Å². The van der Waals surface area contributed by atoms with Crippen LogP contribution in [0.3, 0.4) is 0 Å². The summed E-state index contributed by atoms with van der Waals surface area (Å²) in [6.45, 7) is 0.590. The van der Waals surface area contributed by atoms with Crippen molar-refractivity contribution in [1.29, 1.82) is 0 Å². The van der Waals surface area contributed by atoms with E-state index in [4.69, 9.17) is 15.5 Å². The Hall–Kier alpha value is -1.50. The molecule has 2 heterocycles. The van der Waals surface area contributed by atoms with E-state index >= 15 is 0 Å². The van der Waals surface area contributed by atoms with Crippen LogP contribution in [0.15, 0.2) is 12.7 Å². The summed E-state index contributed by atoms with van der Waals surface area (Å²) < 4.78 is 12.5. The summed E-state index contributed by atoms with van der Waals surface area (Å²) in [6, 6.07) is 0. The summed E-state index contributed by atoms with van der Waals surface area (Å²) in [5.74, 6) is 0.328. The molecule has 0 aromatic carbocycles. The van der Waals surface area contributed by atoms with Crippen molar-refractivity contribution >= 4 is 24.6 Å². The molecule has 2 rings (SSSR count). The van der Waals surface area contributed by atoms with Gasteiger partial charge in [0.1, 0.15) is 11.8 Å². The molecule has 4 N–H and O–H groups in total. The van der Waals surface area contributed by atoms with E-state index in [9.17, 15) is 4.57 Å². The molecule has 0 atom stereocenters. The first-order valence-electron chi connectivity index (χ1n) is 5.43. The topological polar surface area (TPSA) is 127 Å². The summed E-state index contributed by atoms with van der Waals surface area (Å²) in [6.07, 6.45) is 3.96. The van der Waals surface area contributed by atoms with Gasteiger partial charge in [-0.15, -0.1) is 0 Å². The van der Waals surface area contributed by atoms with Gasteiger partial charge in [-0.3, -0.25) is 4.57 Å². The maximum absolute atomic E-state index is 10.7. The lowest BCUT2D eigenvalue weighted by Crippen LogP contribution is -2.00. The minimum Gasteiger partial charge on any atom is -0.382 e. The number of hydrogen-bond acceptors (Lipinski definition) is 5. The van der Waals surface area contributed by atoms with Gasteiger partial charge in [0.25, 0.3) is 0 Å². The quantitative estimate of drug-likeness (QED) is 0.529. The van der Waals surface area contributed by atoms with Gasteiger partial charge < -0.3 is 20.1 Å². The van der Waals surface area contributed by atoms with Crippen LogP contribution in [0.1, 0.15) is 12.8 Å². The first-order valence-corrected chi connectivity index (χ1v) is 7.23. The summed E-state index contributed by atoms with van der Waals surface area (Å²) in [5.41, 5.74) is 6.84. The molecule has 0 aliphatic carbocycles. The molecule has 0 radical (unpaired) electrons. The number of anilines is 1. The molecule has 18 heavy (non-hydrogen) atoms. The number of fused-ring (bicyclic) bond motifs is 1. The van der Waals surface area contributed by atoms with E-state index in [1.54, 1.807) is 10.9 Å². The molecule has 0 amide bonds. The Labute approximate surface area is 103 Å². The van der Waals surface area contributed by atoms with Crippen molar-refractivity contribution in [3.8, 4) is 0 Å². The Kier molecular flexibility index (Phi) is 3.60. The van der Waals surface area contributed by atoms with Gasteiger partial charge in [-0.1, -0.05) is 0 Å². The van der Waals surface area contributed by atoms with Crippen molar-refractivity contribution in [3.05, 3.63) is 12.7 Å². The second-order valence-electron chi connectivity index (χ2n) is 3.96. The number of unbranched alkanes of at least 4 members (excludes halogenated alkanes) is 1. The highest BCUT2D eigenvalue weighted by molar-refractivity contribution is 7.51. The SMILES string of the molecule is Nc1ncnc2c1ncn2CCCCP(=O)(O)O. The first-order chi connectivity index (χ1) is 8.47. The molecular weight excluding hydrogens is 257 g/mol. The number of nitrogens with two attached hydrogens (primary N) is 1. The molecule has 0 aliphatic rings. The van der Waals surface area contributed by atoms with Gasteiger partial charge in [-0.2, -0.15) is 0 Å². The molecule has 2 aromatic rings. The van der Waals surface area contributed by atoms with Crippen molar-refractivity contribution < 1.29 is 14.4 Å². The van der Waals surface area contributed by atoms with Gasteiger partial charge in [0.05, 0.1) is 6.33 Å². The van der Waals surface area contributed by atoms with Crippen molar-refractivity contribution in [2.24, 2.45) is 0 Å². The van der Waals surface area contributed by atoms with Crippen molar-refractivity contribution in [3.63, 3.8) is 0 Å². The summed E-state index contributed by atoms with van der Waals surface area (Å²) >= 11 is 0. The molecule has 0 aliphatic heterocycles. The Balaban J connectivity index is 2.00. The normalized spacial score (nSPS) is 12.1. The molecule has 0 fully saturated rings. The molecule has 9 heteroatoms. The summed E-state index contributed by atoms with van der Waals surface area (Å²) in [7, 11) is -3.90. The van der Waals surface area contributed by atoms with Gasteiger partial charge in [-0.05, 0) is 12.8 Å². The minimum absolute atomic E-state index is 0.100. The van der Waals surface area contributed by atoms with Crippen LogP contribution in [0.25, 0.3) is 11.2 Å². The van der Waals surface area contributed by atoms with Crippen LogP contribution in [0.2, 0.25) is 0 Å². The number of aromatic nitrogens is 4. The Bertz CT molecular complexity index is 593. The number of nitrogen functional groups attached to an aromatic ring is 1. The van der Waals surface area contributed by atoms with E-state index in [2.05, 4.69) is 15.0 Å². The third-order valence-corrected chi connectivity index (χ3v) is 3.43. The smallest absolute Gasteiger partial charge is 0.325 e. The van der Waals surface area contributed by atoms with Crippen molar-refractivity contribution in [2.45, 2.75) is 19.4 Å². The number of imidazole rings is 1. The number of hydrogen-bond donors (Lipinski definition) is 3. The largest absolute Gasteiger partial charge is 0.382 e. The van der Waals surface area contributed by atoms with Crippen molar-refractivity contribution in [1.82, 2.24) is 19.5 Å². The third-order valence-electron chi connectivity index (χ3n) is 2.53. The zero-order valence-electron chi connectivity index (χ0n) is 9.60. The van der Waals surface area contributed by atoms with E-state index in [0.717, 1.165) is 0 Å². The van der Waals surface area contributed by atoms with Gasteiger partial charge >= 0.3 is 7.60 Å². The van der Waals surface area contributed by atoms with Crippen LogP contribution >= 0.6 is 7.60 Å². The maximum Gasteiger partial charge on any atom is 0.325 e. The highest BCUT2D eigenvalue weighted by atomic mass is 31.2. The Morgan fingerprint density at radius 1 is 1.28 bits per heavy atom. The fourth-order valence-electron chi connectivity index (χ4n) is 1.66. The lowest BCUT2D eigenvalue weighted by atomic mass is 10.3. The molecule has 0 spiro atoms. The average molecular weight is 271 g/mol. The van der Waals surface area contributed by atoms with Crippen LogP contribution in [0.5, 0.6) is 0 Å². The second-order valence-corrected chi connectivity index (χ2v) is 5.74. The second kappa shape index (κ2) is 5.01. The monoisotopic (exact) mass is 271 g/mol. The van der Waals surface area contributed by atoms with E-state index in [1.807, 2.05) is 0 Å². The standard InChI is InChI=1S/C9H14N5O3P/c10-8-7-9(12-5-11-8)14(6-13-7)3-1-2-4-18(15,16)17/h5-6H,1-4H2,(H2,10,11,12)(H2,15,16,17). The average Bonchev–Trinajstić information content (AvgIpc) is 2.68. The summed E-state index contributed by atoms with van der Waals surface area (Å²) in [4.78, 5) is 29.5. The van der Waals surface area contributed by atoms with Crippen LogP contribution in [-0.4, -0.2) is 35.5 Å². The maximum atomic E-state index is 10.7. The van der Waals surface area contributed by atoms with Gasteiger partial charge in [0.2, 0.25) is 0 Å². The number of aryl methyl sites for hydroxylation is 1. The Morgan fingerprint density at radius 2 is 2.06 bits per heavy atom. The minimum atomic E-state index is -3.90. The van der Waals surface area contributed by atoms with E-state index in [0.29, 0.717) is 36.4 Å². The van der Waals surface area contributed by atoms with E-state index in [1.165, 1.54) is 6.33 Å². The molecule has 0 bridgehead atoms. The van der Waals surface area contributed by atoms with E-state index in [-0.39, 0.29) is 6.16 Å². The first kappa shape index (κ1) is 12.9. The van der Waals surface area contributed by atoms with Crippen LogP contribution in [0.4, 0.5) is 5.82 Å². The molecule has 0 saturated carbocycles. The lowest BCUT2D eigenvalue weighted by molar-refractivity contribution is 0.370. The van der Waals surface area contributed by atoms with Gasteiger partial charge in [0.15, 0.2) is 11.5 Å². The Morgan fingerprint density at radius 3 is 2.78 bits per heavy atom. The highest BCUT2D eigenvalue weighted by Gasteiger charge is 2.12. The fraction of sp³-hybridized carbons (Fsp3) is 0.444. The molecule has 0 unspecified atom stereocenters. The van der Waals surface area contributed by atoms with Gasteiger partial charge in [-0.25, -0.2) is 15.0 Å². The van der Waals surface area contributed by atoms with Crippen LogP contribution in [0, 0.1) is 0 Å². The molecule has 98 valence electrons. The lowest BCUT2D eigenvalue weighted by Gasteiger charge is -2.05. The summed E-state index contributed by atoms with van der Waals surface area (Å²) in [5, 5.41) is 0. The number of rotatable bonds is 5. The molecule has 2 aromatic heterocycles.